The Hall–Kier alpha value is -2.87. The van der Waals surface area contributed by atoms with Gasteiger partial charge in [-0.25, -0.2) is 14.8 Å². The number of fused-ring (bicyclic) bond motifs is 1. The summed E-state index contributed by atoms with van der Waals surface area (Å²) >= 11 is 1.54. The molecule has 2 aromatic heterocycles. The number of esters is 1. The molecule has 2 heterocycles. The minimum atomic E-state index is -0.674. The Morgan fingerprint density at radius 2 is 2.00 bits per heavy atom. The molecular weight excluding hydrogens is 352 g/mol. The number of ether oxygens (including phenoxy) is 1. The van der Waals surface area contributed by atoms with Gasteiger partial charge in [-0.3, -0.25) is 9.78 Å². The molecule has 0 bridgehead atoms. The SMILES string of the molecule is Cc1cnc(C(=O)OCC(=O)N(C)[C@H](C)c2nc3ccccc3s2)cn1. The molecule has 0 unspecified atom stereocenters. The average Bonchev–Trinajstić information content (AvgIpc) is 3.09. The van der Waals surface area contributed by atoms with Crippen molar-refractivity contribution < 1.29 is 14.3 Å². The van der Waals surface area contributed by atoms with Crippen LogP contribution in [0.25, 0.3) is 10.2 Å². The molecule has 1 atom stereocenters. The average molecular weight is 370 g/mol. The van der Waals surface area contributed by atoms with Crippen molar-refractivity contribution in [2.24, 2.45) is 0 Å². The molecule has 0 radical (unpaired) electrons. The number of aryl methyl sites for hydroxylation is 1. The second kappa shape index (κ2) is 7.57. The lowest BCUT2D eigenvalue weighted by Crippen LogP contribution is -2.33. The molecule has 0 spiro atoms. The van der Waals surface area contributed by atoms with Crippen LogP contribution in [-0.4, -0.2) is 45.4 Å². The standard InChI is InChI=1S/C18H18N4O3S/c1-11-8-20-14(9-19-11)18(24)25-10-16(23)22(3)12(2)17-21-13-6-4-5-7-15(13)26-17/h4-9,12H,10H2,1-3H3/t12-/m1/s1. The van der Waals surface area contributed by atoms with Crippen LogP contribution in [0.3, 0.4) is 0 Å². The summed E-state index contributed by atoms with van der Waals surface area (Å²) in [4.78, 5) is 38.3. The summed E-state index contributed by atoms with van der Waals surface area (Å²) in [6.07, 6.45) is 2.80. The van der Waals surface area contributed by atoms with E-state index < -0.39 is 5.97 Å². The number of para-hydroxylation sites is 1. The second-order valence-corrected chi connectivity index (χ2v) is 6.88. The van der Waals surface area contributed by atoms with Crippen LogP contribution in [0.5, 0.6) is 0 Å². The molecule has 0 saturated heterocycles. The first-order valence-corrected chi connectivity index (χ1v) is 8.84. The lowest BCUT2D eigenvalue weighted by atomic mass is 10.3. The zero-order chi connectivity index (χ0) is 18.7. The largest absolute Gasteiger partial charge is 0.451 e. The fourth-order valence-corrected chi connectivity index (χ4v) is 3.31. The molecule has 1 amide bonds. The maximum atomic E-state index is 12.4. The van der Waals surface area contributed by atoms with E-state index in [1.807, 2.05) is 31.2 Å². The first-order chi connectivity index (χ1) is 12.5. The molecule has 0 aliphatic heterocycles. The minimum Gasteiger partial charge on any atom is -0.451 e. The normalized spacial score (nSPS) is 12.0. The van der Waals surface area contributed by atoms with Crippen LogP contribution >= 0.6 is 11.3 Å². The summed E-state index contributed by atoms with van der Waals surface area (Å²) < 4.78 is 6.12. The molecule has 0 fully saturated rings. The number of benzene rings is 1. The van der Waals surface area contributed by atoms with Crippen molar-refractivity contribution in [3.8, 4) is 0 Å². The summed E-state index contributed by atoms with van der Waals surface area (Å²) in [7, 11) is 1.67. The number of nitrogens with zero attached hydrogens (tertiary/aromatic N) is 4. The van der Waals surface area contributed by atoms with Gasteiger partial charge in [-0.1, -0.05) is 12.1 Å². The Labute approximate surface area is 154 Å². The van der Waals surface area contributed by atoms with Crippen LogP contribution in [0.1, 0.15) is 34.2 Å². The van der Waals surface area contributed by atoms with Gasteiger partial charge in [0.05, 0.1) is 28.1 Å². The molecular formula is C18H18N4O3S. The van der Waals surface area contributed by atoms with Crippen LogP contribution in [-0.2, 0) is 9.53 Å². The van der Waals surface area contributed by atoms with Gasteiger partial charge in [-0.2, -0.15) is 0 Å². The van der Waals surface area contributed by atoms with E-state index in [0.717, 1.165) is 15.2 Å². The second-order valence-electron chi connectivity index (χ2n) is 5.82. The molecule has 0 aliphatic rings. The Bertz CT molecular complexity index is 906. The molecule has 3 rings (SSSR count). The van der Waals surface area contributed by atoms with E-state index in [1.54, 1.807) is 25.3 Å². The van der Waals surface area contributed by atoms with Gasteiger partial charge >= 0.3 is 5.97 Å². The quantitative estimate of drug-likeness (QED) is 0.642. The molecule has 7 nitrogen and oxygen atoms in total. The maximum absolute atomic E-state index is 12.4. The number of likely N-dealkylation sites (N-methyl/N-ethyl adjacent to an activating group) is 1. The van der Waals surface area contributed by atoms with Crippen molar-refractivity contribution >= 4 is 33.4 Å². The third kappa shape index (κ3) is 3.85. The Kier molecular flexibility index (Phi) is 5.22. The summed E-state index contributed by atoms with van der Waals surface area (Å²) in [6.45, 7) is 3.30. The van der Waals surface area contributed by atoms with Gasteiger partial charge < -0.3 is 9.64 Å². The van der Waals surface area contributed by atoms with Crippen molar-refractivity contribution in [3.05, 3.63) is 53.1 Å². The van der Waals surface area contributed by atoms with Crippen LogP contribution in [0.2, 0.25) is 0 Å². The maximum Gasteiger partial charge on any atom is 0.359 e. The predicted octanol–water partition coefficient (Wildman–Crippen LogP) is 2.77. The molecule has 0 saturated carbocycles. The van der Waals surface area contributed by atoms with Crippen molar-refractivity contribution in [1.82, 2.24) is 19.9 Å². The van der Waals surface area contributed by atoms with Gasteiger partial charge in [-0.15, -0.1) is 11.3 Å². The number of thiazole rings is 1. The molecule has 3 aromatic rings. The summed E-state index contributed by atoms with van der Waals surface area (Å²) in [5, 5.41) is 0.831. The molecule has 8 heteroatoms. The van der Waals surface area contributed by atoms with E-state index in [1.165, 1.54) is 17.3 Å². The van der Waals surface area contributed by atoms with E-state index in [0.29, 0.717) is 5.69 Å². The van der Waals surface area contributed by atoms with E-state index in [4.69, 9.17) is 4.74 Å². The highest BCUT2D eigenvalue weighted by molar-refractivity contribution is 7.18. The van der Waals surface area contributed by atoms with Crippen molar-refractivity contribution in [2.45, 2.75) is 19.9 Å². The third-order valence-corrected chi connectivity index (χ3v) is 5.17. The van der Waals surface area contributed by atoms with Gasteiger partial charge in [0.1, 0.15) is 5.01 Å². The fourth-order valence-electron chi connectivity index (χ4n) is 2.25. The van der Waals surface area contributed by atoms with Crippen molar-refractivity contribution in [2.75, 3.05) is 13.7 Å². The molecule has 26 heavy (non-hydrogen) atoms. The summed E-state index contributed by atoms with van der Waals surface area (Å²) in [5.41, 5.74) is 1.68. The number of carbonyl (C=O) groups is 2. The lowest BCUT2D eigenvalue weighted by Gasteiger charge is -2.22. The monoisotopic (exact) mass is 370 g/mol. The minimum absolute atomic E-state index is 0.0743. The Morgan fingerprint density at radius 1 is 1.23 bits per heavy atom. The Morgan fingerprint density at radius 3 is 2.69 bits per heavy atom. The first kappa shape index (κ1) is 17.9. The number of carbonyl (C=O) groups excluding carboxylic acids is 2. The van der Waals surface area contributed by atoms with Gasteiger partial charge in [0.25, 0.3) is 5.91 Å². The van der Waals surface area contributed by atoms with E-state index in [-0.39, 0.29) is 24.2 Å². The summed E-state index contributed by atoms with van der Waals surface area (Å²) in [6, 6.07) is 7.59. The zero-order valence-corrected chi connectivity index (χ0v) is 15.5. The number of hydrogen-bond donors (Lipinski definition) is 0. The topological polar surface area (TPSA) is 85.3 Å². The van der Waals surface area contributed by atoms with E-state index in [9.17, 15) is 9.59 Å². The van der Waals surface area contributed by atoms with Gasteiger partial charge in [0.2, 0.25) is 0 Å². The fraction of sp³-hybridized carbons (Fsp3) is 0.278. The molecule has 0 aliphatic carbocycles. The molecule has 0 N–H and O–H groups in total. The summed E-state index contributed by atoms with van der Waals surface area (Å²) in [5.74, 6) is -0.989. The number of amides is 1. The van der Waals surface area contributed by atoms with Crippen molar-refractivity contribution in [3.63, 3.8) is 0 Å². The number of rotatable bonds is 5. The molecule has 1 aromatic carbocycles. The number of aromatic nitrogens is 3. The van der Waals surface area contributed by atoms with E-state index in [2.05, 4.69) is 15.0 Å². The van der Waals surface area contributed by atoms with Crippen LogP contribution in [0.4, 0.5) is 0 Å². The highest BCUT2D eigenvalue weighted by atomic mass is 32.1. The Balaban J connectivity index is 1.61. The zero-order valence-electron chi connectivity index (χ0n) is 14.7. The van der Waals surface area contributed by atoms with Crippen molar-refractivity contribution in [1.29, 1.82) is 0 Å². The smallest absolute Gasteiger partial charge is 0.359 e. The lowest BCUT2D eigenvalue weighted by molar-refractivity contribution is -0.135. The van der Waals surface area contributed by atoms with Crippen LogP contribution in [0.15, 0.2) is 36.7 Å². The predicted molar refractivity (Wildman–Crippen MR) is 97.9 cm³/mol. The third-order valence-electron chi connectivity index (χ3n) is 3.96. The highest BCUT2D eigenvalue weighted by Crippen LogP contribution is 2.28. The highest BCUT2D eigenvalue weighted by Gasteiger charge is 2.22. The van der Waals surface area contributed by atoms with Crippen LogP contribution in [0, 0.1) is 6.92 Å². The first-order valence-electron chi connectivity index (χ1n) is 8.02. The van der Waals surface area contributed by atoms with E-state index >= 15 is 0 Å². The van der Waals surface area contributed by atoms with Gasteiger partial charge in [-0.05, 0) is 26.0 Å². The van der Waals surface area contributed by atoms with Crippen LogP contribution < -0.4 is 0 Å². The van der Waals surface area contributed by atoms with Gasteiger partial charge in [0.15, 0.2) is 12.3 Å². The number of hydrogen-bond acceptors (Lipinski definition) is 7. The van der Waals surface area contributed by atoms with Gasteiger partial charge in [0, 0.05) is 13.2 Å². The molecule has 134 valence electrons.